The fraction of sp³-hybridized carbons (Fsp3) is 0.524. The molecule has 0 aromatic heterocycles. The number of esters is 1. The predicted molar refractivity (Wildman–Crippen MR) is 105 cm³/mol. The molecule has 27 heavy (non-hydrogen) atoms. The molecule has 2 saturated heterocycles. The number of nitrogens with one attached hydrogen (secondary N) is 1. The van der Waals surface area contributed by atoms with Crippen molar-refractivity contribution in [3.63, 3.8) is 0 Å². The number of allylic oxidation sites excluding steroid dienone is 1. The van der Waals surface area contributed by atoms with Gasteiger partial charge in [-0.3, -0.25) is 4.79 Å². The van der Waals surface area contributed by atoms with Crippen LogP contribution in [-0.4, -0.2) is 40.4 Å². The molecule has 1 aromatic carbocycles. The van der Waals surface area contributed by atoms with Gasteiger partial charge in [-0.05, 0) is 44.1 Å². The first-order valence-corrected chi connectivity index (χ1v) is 10.9. The number of rotatable bonds is 6. The topological polar surface area (TPSA) is 75.6 Å². The van der Waals surface area contributed by atoms with Crippen molar-refractivity contribution in [2.45, 2.75) is 49.9 Å². The van der Waals surface area contributed by atoms with Crippen molar-refractivity contribution in [1.82, 2.24) is 5.32 Å². The second kappa shape index (κ2) is 7.03. The number of hydrogen-bond donors (Lipinski definition) is 2. The van der Waals surface area contributed by atoms with E-state index >= 15 is 0 Å². The lowest BCUT2D eigenvalue weighted by molar-refractivity contribution is -0.238. The molecule has 1 aromatic rings. The Morgan fingerprint density at radius 1 is 1.33 bits per heavy atom. The van der Waals surface area contributed by atoms with Crippen LogP contribution in [0.3, 0.4) is 0 Å². The van der Waals surface area contributed by atoms with Crippen molar-refractivity contribution < 1.29 is 19.4 Å². The number of hydrogen-bond acceptors (Lipinski definition) is 4. The average Bonchev–Trinajstić information content (AvgIpc) is 2.86. The van der Waals surface area contributed by atoms with Crippen LogP contribution in [0.1, 0.15) is 32.6 Å². The molecule has 2 N–H and O–H groups in total. The quantitative estimate of drug-likeness (QED) is 0.444. The van der Waals surface area contributed by atoms with Crippen molar-refractivity contribution in [3.8, 4) is 0 Å². The summed E-state index contributed by atoms with van der Waals surface area (Å²) in [5.41, 5.74) is -2.29. The van der Waals surface area contributed by atoms with E-state index in [0.29, 0.717) is 15.0 Å². The summed E-state index contributed by atoms with van der Waals surface area (Å²) in [5, 5.41) is 15.2. The highest BCUT2D eigenvalue weighted by Gasteiger charge is 2.79. The maximum absolute atomic E-state index is 12.8. The zero-order valence-corrected chi connectivity index (χ0v) is 16.5. The zero-order valence-electron chi connectivity index (χ0n) is 15.5. The third-order valence-corrected chi connectivity index (χ3v) is 7.67. The summed E-state index contributed by atoms with van der Waals surface area (Å²) in [4.78, 5) is 25.2. The van der Waals surface area contributed by atoms with E-state index in [1.165, 1.54) is 5.30 Å². The molecular weight excluding hydrogens is 361 g/mol. The van der Waals surface area contributed by atoms with Gasteiger partial charge >= 0.3 is 5.97 Å². The minimum Gasteiger partial charge on any atom is -0.453 e. The van der Waals surface area contributed by atoms with E-state index in [1.54, 1.807) is 6.92 Å². The van der Waals surface area contributed by atoms with Crippen molar-refractivity contribution in [2.24, 2.45) is 11.8 Å². The van der Waals surface area contributed by atoms with Crippen molar-refractivity contribution in [3.05, 3.63) is 42.5 Å². The lowest BCUT2D eigenvalue weighted by Gasteiger charge is -2.54. The van der Waals surface area contributed by atoms with E-state index < -0.39 is 29.1 Å². The van der Waals surface area contributed by atoms with Gasteiger partial charge in [-0.25, -0.2) is 4.79 Å². The number of carbonyl (C=O) groups excluding carboxylic acids is 2. The van der Waals surface area contributed by atoms with Crippen LogP contribution in [-0.2, 0) is 14.3 Å². The molecular formula is C21H26NO4P. The molecule has 6 atom stereocenters. The molecule has 1 amide bonds. The van der Waals surface area contributed by atoms with Crippen LogP contribution in [0.5, 0.6) is 0 Å². The lowest BCUT2D eigenvalue weighted by atomic mass is 9.64. The van der Waals surface area contributed by atoms with Crippen LogP contribution in [0.4, 0.5) is 0 Å². The molecule has 2 aliphatic heterocycles. The summed E-state index contributed by atoms with van der Waals surface area (Å²) in [6.45, 7) is 1.80. The van der Waals surface area contributed by atoms with Gasteiger partial charge in [-0.1, -0.05) is 51.1 Å². The highest BCUT2D eigenvalue weighted by atomic mass is 31.1. The summed E-state index contributed by atoms with van der Waals surface area (Å²) < 4.78 is 5.55. The van der Waals surface area contributed by atoms with Gasteiger partial charge < -0.3 is 15.2 Å². The largest absolute Gasteiger partial charge is 0.453 e. The second-order valence-corrected chi connectivity index (χ2v) is 9.33. The molecule has 0 radical (unpaired) electrons. The summed E-state index contributed by atoms with van der Waals surface area (Å²) in [6, 6.07) is 10.2. The van der Waals surface area contributed by atoms with Gasteiger partial charge in [-0.15, -0.1) is 0 Å². The number of aliphatic hydroxyl groups is 1. The first-order chi connectivity index (χ1) is 13.0. The van der Waals surface area contributed by atoms with Gasteiger partial charge in [0.05, 0.1) is 12.0 Å². The second-order valence-electron chi connectivity index (χ2n) is 7.90. The van der Waals surface area contributed by atoms with E-state index in [4.69, 9.17) is 4.74 Å². The highest BCUT2D eigenvalue weighted by molar-refractivity contribution is 7.47. The normalized spacial score (nSPS) is 36.2. The number of amides is 1. The van der Waals surface area contributed by atoms with E-state index in [1.807, 2.05) is 30.4 Å². The Morgan fingerprint density at radius 2 is 2.11 bits per heavy atom. The zero-order chi connectivity index (χ0) is 19.1. The van der Waals surface area contributed by atoms with Crippen LogP contribution in [0.2, 0.25) is 0 Å². The lowest BCUT2D eigenvalue weighted by Crippen LogP contribution is -2.80. The Kier molecular flexibility index (Phi) is 4.85. The molecule has 0 saturated carbocycles. The van der Waals surface area contributed by atoms with Crippen LogP contribution in [0.25, 0.3) is 0 Å². The molecule has 1 unspecified atom stereocenters. The number of benzene rings is 1. The number of fused-ring (bicyclic) bond motifs is 1. The van der Waals surface area contributed by atoms with Crippen molar-refractivity contribution in [1.29, 1.82) is 0 Å². The van der Waals surface area contributed by atoms with Gasteiger partial charge in [0, 0.05) is 5.92 Å². The summed E-state index contributed by atoms with van der Waals surface area (Å²) >= 11 is 0. The first kappa shape index (κ1) is 18.6. The van der Waals surface area contributed by atoms with E-state index in [-0.39, 0.29) is 11.8 Å². The van der Waals surface area contributed by atoms with E-state index in [9.17, 15) is 14.7 Å². The summed E-state index contributed by atoms with van der Waals surface area (Å²) in [6.07, 6.45) is 7.35. The van der Waals surface area contributed by atoms with Crippen LogP contribution >= 0.6 is 8.58 Å². The monoisotopic (exact) mass is 387 g/mol. The third-order valence-electron chi connectivity index (χ3n) is 6.39. The molecule has 2 heterocycles. The van der Waals surface area contributed by atoms with E-state index in [0.717, 1.165) is 25.4 Å². The summed E-state index contributed by atoms with van der Waals surface area (Å²) in [5.74, 6) is -1.23. The molecule has 5 nitrogen and oxygen atoms in total. The van der Waals surface area contributed by atoms with Gasteiger partial charge in [0.25, 0.3) is 0 Å². The third kappa shape index (κ3) is 2.83. The maximum atomic E-state index is 12.8. The minimum atomic E-state index is -1.31. The summed E-state index contributed by atoms with van der Waals surface area (Å²) in [7, 11) is 0.602. The molecule has 6 heteroatoms. The number of carbonyl (C=O) groups is 2. The average molecular weight is 387 g/mol. The van der Waals surface area contributed by atoms with Crippen LogP contribution in [0, 0.1) is 11.8 Å². The molecule has 1 aliphatic carbocycles. The van der Waals surface area contributed by atoms with Gasteiger partial charge in [0.1, 0.15) is 0 Å². The maximum Gasteiger partial charge on any atom is 0.339 e. The van der Waals surface area contributed by atoms with Crippen LogP contribution < -0.4 is 10.6 Å². The SMILES string of the molecule is C[C@@]12OC(=O)[C@]1([C@@H](O)[C@@H]1C=CCCC1)NC(=O)[C@@H]2CCPc1ccccc1. The fourth-order valence-electron chi connectivity index (χ4n) is 4.80. The minimum absolute atomic E-state index is 0.129. The highest BCUT2D eigenvalue weighted by Crippen LogP contribution is 2.53. The Hall–Kier alpha value is -1.71. The predicted octanol–water partition coefficient (Wildman–Crippen LogP) is 1.90. The molecule has 3 aliphatic rings. The molecule has 144 valence electrons. The van der Waals surface area contributed by atoms with Gasteiger partial charge in [0.15, 0.2) is 5.60 Å². The van der Waals surface area contributed by atoms with E-state index in [2.05, 4.69) is 17.4 Å². The van der Waals surface area contributed by atoms with Crippen LogP contribution in [0.15, 0.2) is 42.5 Å². The standard InChI is InChI=1S/C21H26NO4P/c1-20-16(12-13-27-15-10-6-3-7-11-15)18(24)22-21(20,19(25)26-20)17(23)14-8-4-2-5-9-14/h3-4,6-8,10-11,14,16-17,23,27H,2,5,9,12-13H2,1H3,(H,22,24)/t14-,16+,17+,20+,21+/m1/s1. The molecule has 4 rings (SSSR count). The van der Waals surface area contributed by atoms with Crippen molar-refractivity contribution in [2.75, 3.05) is 6.16 Å². The van der Waals surface area contributed by atoms with Gasteiger partial charge in [0.2, 0.25) is 11.4 Å². The Labute approximate surface area is 161 Å². The van der Waals surface area contributed by atoms with Crippen molar-refractivity contribution >= 4 is 25.8 Å². The Bertz CT molecular complexity index is 767. The molecule has 0 bridgehead atoms. The Morgan fingerprint density at radius 3 is 2.78 bits per heavy atom. The fourth-order valence-corrected chi connectivity index (χ4v) is 5.95. The number of ether oxygens (including phenoxy) is 1. The number of aliphatic hydroxyl groups excluding tert-OH is 1. The smallest absolute Gasteiger partial charge is 0.339 e. The first-order valence-electron chi connectivity index (χ1n) is 9.68. The van der Waals surface area contributed by atoms with Gasteiger partial charge in [-0.2, -0.15) is 0 Å². The molecule has 2 fully saturated rings. The Balaban J connectivity index is 1.50. The molecule has 0 spiro atoms.